The molecular weight excluding hydrogens is 469 g/mol. The van der Waals surface area contributed by atoms with Crippen molar-refractivity contribution in [3.05, 3.63) is 101 Å². The number of pyridine rings is 2. The van der Waals surface area contributed by atoms with Crippen molar-refractivity contribution in [2.45, 2.75) is 38.2 Å². The number of carbonyl (C=O) groups excluding carboxylic acids is 1. The summed E-state index contributed by atoms with van der Waals surface area (Å²) in [6, 6.07) is 8.27. The van der Waals surface area contributed by atoms with Gasteiger partial charge in [-0.15, -0.1) is 0 Å². The first-order valence-corrected chi connectivity index (χ1v) is 11.2. The highest BCUT2D eigenvalue weighted by Gasteiger charge is 2.38. The van der Waals surface area contributed by atoms with Gasteiger partial charge < -0.3 is 15.7 Å². The molecule has 1 amide bonds. The van der Waals surface area contributed by atoms with Crippen molar-refractivity contribution >= 4 is 22.6 Å². The molecular formula is C27H25F3N4O2. The molecule has 3 N–H and O–H groups in total. The number of anilines is 1. The molecule has 2 unspecified atom stereocenters. The number of amides is 1. The standard InChI is InChI=1S/C27H25F3N4O2/c1-4-16-12-23(24(35)21(16)5-2)34(14-20-8-7-19(13-32-20)27(28,29)30)26(36)17-6-9-22-18(11-17)10-15(3)25(31)33-22/h4-11,13,23-24,35H,1-2,12,14H2,3H3,(H2,31,33). The van der Waals surface area contributed by atoms with Crippen molar-refractivity contribution in [2.24, 2.45) is 0 Å². The third kappa shape index (κ3) is 4.74. The Morgan fingerprint density at radius 2 is 1.97 bits per heavy atom. The van der Waals surface area contributed by atoms with Crippen molar-refractivity contribution in [3.8, 4) is 0 Å². The monoisotopic (exact) mass is 494 g/mol. The van der Waals surface area contributed by atoms with E-state index in [0.717, 1.165) is 23.4 Å². The van der Waals surface area contributed by atoms with Crippen LogP contribution < -0.4 is 5.73 Å². The minimum absolute atomic E-state index is 0.107. The molecule has 4 rings (SSSR count). The fraction of sp³-hybridized carbons (Fsp3) is 0.222. The van der Waals surface area contributed by atoms with Crippen LogP contribution in [-0.2, 0) is 12.7 Å². The van der Waals surface area contributed by atoms with Gasteiger partial charge in [0.15, 0.2) is 0 Å². The molecule has 0 saturated carbocycles. The van der Waals surface area contributed by atoms with Gasteiger partial charge in [0.25, 0.3) is 5.91 Å². The van der Waals surface area contributed by atoms with Crippen LogP contribution in [0.3, 0.4) is 0 Å². The Hall–Kier alpha value is -3.98. The number of hydrogen-bond acceptors (Lipinski definition) is 5. The largest absolute Gasteiger partial charge is 0.417 e. The fourth-order valence-corrected chi connectivity index (χ4v) is 4.38. The average Bonchev–Trinajstić information content (AvgIpc) is 3.17. The van der Waals surface area contributed by atoms with Crippen LogP contribution in [0.5, 0.6) is 0 Å². The van der Waals surface area contributed by atoms with E-state index in [-0.39, 0.29) is 12.2 Å². The maximum atomic E-state index is 13.8. The van der Waals surface area contributed by atoms with Crippen LogP contribution in [0.25, 0.3) is 10.9 Å². The lowest BCUT2D eigenvalue weighted by atomic mass is 10.0. The predicted octanol–water partition coefficient (Wildman–Crippen LogP) is 4.98. The van der Waals surface area contributed by atoms with Gasteiger partial charge >= 0.3 is 6.18 Å². The van der Waals surface area contributed by atoms with Gasteiger partial charge in [0.1, 0.15) is 5.82 Å². The lowest BCUT2D eigenvalue weighted by Crippen LogP contribution is -2.45. The van der Waals surface area contributed by atoms with Crippen molar-refractivity contribution in [2.75, 3.05) is 5.73 Å². The number of carbonyl (C=O) groups is 1. The maximum absolute atomic E-state index is 13.8. The number of allylic oxidation sites excluding steroid dienone is 1. The number of aromatic nitrogens is 2. The molecule has 9 heteroatoms. The molecule has 0 fully saturated rings. The number of nitrogen functional groups attached to an aromatic ring is 1. The van der Waals surface area contributed by atoms with Gasteiger partial charge in [-0.2, -0.15) is 13.2 Å². The first kappa shape index (κ1) is 25.1. The van der Waals surface area contributed by atoms with Crippen molar-refractivity contribution < 1.29 is 23.1 Å². The van der Waals surface area contributed by atoms with Crippen molar-refractivity contribution in [3.63, 3.8) is 0 Å². The zero-order chi connectivity index (χ0) is 26.2. The van der Waals surface area contributed by atoms with E-state index in [1.54, 1.807) is 24.3 Å². The molecule has 0 saturated heterocycles. The summed E-state index contributed by atoms with van der Waals surface area (Å²) in [6.45, 7) is 9.24. The van der Waals surface area contributed by atoms with E-state index in [0.29, 0.717) is 34.3 Å². The smallest absolute Gasteiger partial charge is 0.386 e. The van der Waals surface area contributed by atoms with Gasteiger partial charge in [-0.25, -0.2) is 4.98 Å². The van der Waals surface area contributed by atoms with E-state index >= 15 is 0 Å². The Bertz CT molecular complexity index is 1380. The van der Waals surface area contributed by atoms with Crippen molar-refractivity contribution in [1.82, 2.24) is 14.9 Å². The number of aliphatic hydroxyl groups is 1. The zero-order valence-corrected chi connectivity index (χ0v) is 19.6. The third-order valence-electron chi connectivity index (χ3n) is 6.39. The molecule has 186 valence electrons. The summed E-state index contributed by atoms with van der Waals surface area (Å²) in [5, 5.41) is 11.7. The Morgan fingerprint density at radius 1 is 1.22 bits per heavy atom. The summed E-state index contributed by atoms with van der Waals surface area (Å²) in [7, 11) is 0. The summed E-state index contributed by atoms with van der Waals surface area (Å²) in [5.74, 6) is -0.0171. The molecule has 1 aliphatic rings. The lowest BCUT2D eigenvalue weighted by molar-refractivity contribution is -0.137. The molecule has 36 heavy (non-hydrogen) atoms. The summed E-state index contributed by atoms with van der Waals surface area (Å²) in [5.41, 5.74) is 8.28. The lowest BCUT2D eigenvalue weighted by Gasteiger charge is -2.32. The minimum atomic E-state index is -4.52. The third-order valence-corrected chi connectivity index (χ3v) is 6.39. The minimum Gasteiger partial charge on any atom is -0.386 e. The highest BCUT2D eigenvalue weighted by molar-refractivity contribution is 5.98. The number of rotatable bonds is 6. The van der Waals surface area contributed by atoms with Crippen LogP contribution in [0.1, 0.15) is 33.6 Å². The Morgan fingerprint density at radius 3 is 2.56 bits per heavy atom. The van der Waals surface area contributed by atoms with E-state index in [1.807, 2.05) is 13.0 Å². The average molecular weight is 495 g/mol. The summed E-state index contributed by atoms with van der Waals surface area (Å²) in [6.07, 6.45) is -1.39. The van der Waals surface area contributed by atoms with Gasteiger partial charge in [-0.3, -0.25) is 9.78 Å². The van der Waals surface area contributed by atoms with E-state index in [9.17, 15) is 23.1 Å². The number of nitrogens with zero attached hydrogens (tertiary/aromatic N) is 3. The van der Waals surface area contributed by atoms with E-state index < -0.39 is 29.8 Å². The Labute approximate surface area is 206 Å². The summed E-state index contributed by atoms with van der Waals surface area (Å²) < 4.78 is 39.0. The molecule has 2 heterocycles. The van der Waals surface area contributed by atoms with Gasteiger partial charge in [-0.1, -0.05) is 25.3 Å². The molecule has 1 aromatic carbocycles. The first-order valence-electron chi connectivity index (χ1n) is 11.2. The summed E-state index contributed by atoms with van der Waals surface area (Å²) >= 11 is 0. The number of halogens is 3. The molecule has 2 aromatic heterocycles. The van der Waals surface area contributed by atoms with Gasteiger partial charge in [0, 0.05) is 17.1 Å². The number of hydrogen-bond donors (Lipinski definition) is 2. The second-order valence-electron chi connectivity index (χ2n) is 8.67. The molecule has 0 radical (unpaired) electrons. The molecule has 2 atom stereocenters. The van der Waals surface area contributed by atoms with E-state index in [2.05, 4.69) is 23.1 Å². The Kier molecular flexibility index (Phi) is 6.69. The normalized spacial score (nSPS) is 17.9. The predicted molar refractivity (Wildman–Crippen MR) is 132 cm³/mol. The fourth-order valence-electron chi connectivity index (χ4n) is 4.38. The van der Waals surface area contributed by atoms with Crippen LogP contribution in [0.2, 0.25) is 0 Å². The number of nitrogens with two attached hydrogens (primary N) is 1. The van der Waals surface area contributed by atoms with Crippen LogP contribution >= 0.6 is 0 Å². The number of benzene rings is 1. The number of aryl methyl sites for hydroxylation is 1. The Balaban J connectivity index is 1.73. The highest BCUT2D eigenvalue weighted by atomic mass is 19.4. The molecule has 3 aromatic rings. The topological polar surface area (TPSA) is 92.3 Å². The quantitative estimate of drug-likeness (QED) is 0.504. The van der Waals surface area contributed by atoms with Crippen LogP contribution in [0.4, 0.5) is 19.0 Å². The molecule has 0 bridgehead atoms. The van der Waals surface area contributed by atoms with Gasteiger partial charge in [-0.05, 0) is 66.5 Å². The second kappa shape index (κ2) is 9.58. The van der Waals surface area contributed by atoms with E-state index in [4.69, 9.17) is 5.73 Å². The SMILES string of the molecule is C=CC1=C(C=C)C(O)C(N(Cc2ccc(C(F)(F)F)cn2)C(=O)c2ccc3nc(N)c(C)cc3c2)C1. The number of aliphatic hydroxyl groups excluding tert-OH is 1. The van der Waals surface area contributed by atoms with E-state index in [1.165, 1.54) is 17.0 Å². The first-order chi connectivity index (χ1) is 17.0. The van der Waals surface area contributed by atoms with Crippen LogP contribution in [-0.4, -0.2) is 38.0 Å². The zero-order valence-electron chi connectivity index (χ0n) is 19.6. The maximum Gasteiger partial charge on any atom is 0.417 e. The van der Waals surface area contributed by atoms with Crippen LogP contribution in [0, 0.1) is 6.92 Å². The highest BCUT2D eigenvalue weighted by Crippen LogP contribution is 2.34. The number of alkyl halides is 3. The molecule has 1 aliphatic carbocycles. The molecule has 0 aliphatic heterocycles. The van der Waals surface area contributed by atoms with Crippen LogP contribution in [0.15, 0.2) is 79.1 Å². The van der Waals surface area contributed by atoms with Crippen molar-refractivity contribution in [1.29, 1.82) is 0 Å². The number of fused-ring (bicyclic) bond motifs is 1. The molecule has 6 nitrogen and oxygen atoms in total. The second-order valence-corrected chi connectivity index (χ2v) is 8.67. The van der Waals surface area contributed by atoms with Gasteiger partial charge in [0.05, 0.1) is 35.5 Å². The summed E-state index contributed by atoms with van der Waals surface area (Å²) in [4.78, 5) is 23.5. The molecule has 0 spiro atoms. The van der Waals surface area contributed by atoms with Gasteiger partial charge in [0.2, 0.25) is 0 Å².